The number of hydrogen-bond donors (Lipinski definition) is 0. The van der Waals surface area contributed by atoms with E-state index in [0.717, 1.165) is 0 Å². The van der Waals surface area contributed by atoms with Gasteiger partial charge in [0.25, 0.3) is 0 Å². The number of nitrogens with zero attached hydrogens (tertiary/aromatic N) is 5. The molecule has 0 saturated carbocycles. The fourth-order valence-corrected chi connectivity index (χ4v) is 0.938. The van der Waals surface area contributed by atoms with Crippen molar-refractivity contribution < 1.29 is 26.9 Å². The van der Waals surface area contributed by atoms with Crippen LogP contribution >= 0.6 is 9.69 Å². The molecular formula is C17H15ClN5O2Rh. The molecule has 0 aliphatic heterocycles. The minimum atomic E-state index is 0.500. The van der Waals surface area contributed by atoms with E-state index in [0.29, 0.717) is 12.2 Å². The van der Waals surface area contributed by atoms with Crippen molar-refractivity contribution >= 4 is 21.9 Å². The van der Waals surface area contributed by atoms with Crippen LogP contribution in [0.4, 0.5) is 0 Å². The Hall–Kier alpha value is -2.88. The average Bonchev–Trinajstić information content (AvgIpc) is 2.75. The summed E-state index contributed by atoms with van der Waals surface area (Å²) >= 11 is 2.02. The van der Waals surface area contributed by atoms with E-state index in [-0.39, 0.29) is 0 Å². The van der Waals surface area contributed by atoms with Gasteiger partial charge in [-0.1, -0.05) is 18.2 Å². The SMILES string of the molecule is [Cl][Rh+2].[N-]=C=O.[N-]=C=O.c1ccncc1.c1ccncc1.c1ccncc1. The molecule has 0 spiro atoms. The molecule has 7 nitrogen and oxygen atoms in total. The van der Waals surface area contributed by atoms with Gasteiger partial charge < -0.3 is 10.8 Å². The Kier molecular flexibility index (Phi) is 36.2. The van der Waals surface area contributed by atoms with Gasteiger partial charge in [-0.05, 0) is 48.6 Å². The molecule has 0 aromatic carbocycles. The fraction of sp³-hybridized carbons (Fsp3) is 0. The van der Waals surface area contributed by atoms with E-state index >= 15 is 0 Å². The normalized spacial score (nSPS) is 6.38. The van der Waals surface area contributed by atoms with Crippen molar-refractivity contribution in [3.8, 4) is 0 Å². The zero-order valence-corrected chi connectivity index (χ0v) is 15.8. The van der Waals surface area contributed by atoms with Crippen molar-refractivity contribution in [3.05, 3.63) is 103 Å². The van der Waals surface area contributed by atoms with Gasteiger partial charge in [0, 0.05) is 37.2 Å². The third-order valence-electron chi connectivity index (χ3n) is 1.70. The van der Waals surface area contributed by atoms with Crippen LogP contribution in [0.1, 0.15) is 0 Å². The summed E-state index contributed by atoms with van der Waals surface area (Å²) in [7, 11) is 4.53. The summed E-state index contributed by atoms with van der Waals surface area (Å²) in [6.45, 7) is 0. The molecule has 0 saturated heterocycles. The summed E-state index contributed by atoms with van der Waals surface area (Å²) in [6.07, 6.45) is 11.5. The minimum absolute atomic E-state index is 0.500. The van der Waals surface area contributed by atoms with Crippen LogP contribution in [-0.2, 0) is 26.9 Å². The maximum atomic E-state index is 8.24. The molecule has 3 aromatic rings. The molecule has 0 unspecified atom stereocenters. The maximum absolute atomic E-state index is 8.24. The van der Waals surface area contributed by atoms with E-state index in [1.165, 1.54) is 0 Å². The van der Waals surface area contributed by atoms with Gasteiger partial charge in [0.2, 0.25) is 0 Å². The average molecular weight is 460 g/mol. The number of isocyanates is 2. The van der Waals surface area contributed by atoms with Crippen LogP contribution in [0.25, 0.3) is 10.8 Å². The van der Waals surface area contributed by atoms with E-state index in [1.807, 2.05) is 71.9 Å². The van der Waals surface area contributed by atoms with Crippen molar-refractivity contribution in [2.75, 3.05) is 0 Å². The van der Waals surface area contributed by atoms with E-state index in [2.05, 4.69) is 24.6 Å². The number of rotatable bonds is 0. The molecule has 3 heterocycles. The van der Waals surface area contributed by atoms with Gasteiger partial charge in [-0.15, -0.1) is 0 Å². The second-order valence-corrected chi connectivity index (χ2v) is 3.26. The third kappa shape index (κ3) is 37.4. The predicted octanol–water partition coefficient (Wildman–Crippen LogP) is 3.72. The van der Waals surface area contributed by atoms with Gasteiger partial charge in [-0.2, -0.15) is 0 Å². The van der Waals surface area contributed by atoms with Crippen LogP contribution < -0.4 is 0 Å². The van der Waals surface area contributed by atoms with Crippen LogP contribution in [0.3, 0.4) is 0 Å². The molecule has 3 rings (SSSR count). The van der Waals surface area contributed by atoms with Gasteiger partial charge in [-0.3, -0.25) is 24.5 Å². The van der Waals surface area contributed by atoms with E-state index < -0.39 is 0 Å². The monoisotopic (exact) mass is 459 g/mol. The van der Waals surface area contributed by atoms with Crippen LogP contribution in [0.2, 0.25) is 0 Å². The van der Waals surface area contributed by atoms with Gasteiger partial charge >= 0.3 is 27.0 Å². The van der Waals surface area contributed by atoms with Crippen molar-refractivity contribution in [3.63, 3.8) is 0 Å². The number of aromatic nitrogens is 3. The number of pyridine rings is 3. The fourth-order valence-electron chi connectivity index (χ4n) is 0.938. The Morgan fingerprint density at radius 1 is 0.538 bits per heavy atom. The van der Waals surface area contributed by atoms with Crippen molar-refractivity contribution in [2.24, 2.45) is 0 Å². The molecule has 136 valence electrons. The smallest absolute Gasteiger partial charge is 0.0267 e. The third-order valence-corrected chi connectivity index (χ3v) is 1.70. The Morgan fingerprint density at radius 2 is 0.692 bits per heavy atom. The Bertz CT molecular complexity index is 470. The number of hydrogen-bond acceptors (Lipinski definition) is 5. The minimum Gasteiger partial charge on any atom is -0.724 e. The molecule has 0 fully saturated rings. The van der Waals surface area contributed by atoms with E-state index in [9.17, 15) is 0 Å². The molecule has 0 aliphatic rings. The van der Waals surface area contributed by atoms with Crippen LogP contribution in [0, 0.1) is 0 Å². The molecular weight excluding hydrogens is 445 g/mol. The van der Waals surface area contributed by atoms with Crippen LogP contribution in [0.15, 0.2) is 91.8 Å². The van der Waals surface area contributed by atoms with Gasteiger partial charge in [0.05, 0.1) is 0 Å². The second kappa shape index (κ2) is 33.7. The van der Waals surface area contributed by atoms with Gasteiger partial charge in [0.15, 0.2) is 0 Å². The Balaban J connectivity index is -0.000000257. The Labute approximate surface area is 166 Å². The molecule has 0 amide bonds. The largest absolute Gasteiger partial charge is 0.724 e. The summed E-state index contributed by atoms with van der Waals surface area (Å²) in [5.74, 6) is 0. The molecule has 3 aromatic heterocycles. The second-order valence-electron chi connectivity index (χ2n) is 3.26. The topological polar surface area (TPSA) is 117 Å². The summed E-state index contributed by atoms with van der Waals surface area (Å²) in [5.41, 5.74) is 0. The van der Waals surface area contributed by atoms with Crippen molar-refractivity contribution in [1.82, 2.24) is 15.0 Å². The number of carbonyl (C=O) groups excluding carboxylic acids is 2. The molecule has 0 radical (unpaired) electrons. The van der Waals surface area contributed by atoms with E-state index in [1.54, 1.807) is 37.2 Å². The summed E-state index contributed by atoms with van der Waals surface area (Å²) in [5, 5.41) is 13.5. The molecule has 0 bridgehead atoms. The predicted molar refractivity (Wildman–Crippen MR) is 96.7 cm³/mol. The van der Waals surface area contributed by atoms with Crippen molar-refractivity contribution in [2.45, 2.75) is 0 Å². The summed E-state index contributed by atoms with van der Waals surface area (Å²) in [6, 6.07) is 17.1. The van der Waals surface area contributed by atoms with Crippen LogP contribution in [0.5, 0.6) is 0 Å². The van der Waals surface area contributed by atoms with Crippen LogP contribution in [-0.4, -0.2) is 27.1 Å². The molecule has 9 heteroatoms. The zero-order chi connectivity index (χ0) is 20.1. The van der Waals surface area contributed by atoms with E-state index in [4.69, 9.17) is 20.4 Å². The summed E-state index contributed by atoms with van der Waals surface area (Å²) < 4.78 is 0. The van der Waals surface area contributed by atoms with Crippen molar-refractivity contribution in [1.29, 1.82) is 0 Å². The zero-order valence-electron chi connectivity index (χ0n) is 13.4. The molecule has 0 atom stereocenters. The maximum Gasteiger partial charge on any atom is 0.0267 e. The standard InChI is InChI=1S/3C5H5N.2CNO.ClH.Rh/c3*1-2-4-6-5-3-1;2*2-1-3;;/h3*1-5H;;;1H;/q;;;2*-1;;+3/p-1. The first-order valence-electron chi connectivity index (χ1n) is 6.53. The Morgan fingerprint density at radius 3 is 0.731 bits per heavy atom. The first kappa shape index (κ1) is 27.9. The summed E-state index contributed by atoms with van der Waals surface area (Å²) in [4.78, 5) is 27.8. The molecule has 0 N–H and O–H groups in total. The quantitative estimate of drug-likeness (QED) is 0.288. The van der Waals surface area contributed by atoms with Gasteiger partial charge in [-0.25, -0.2) is 0 Å². The first-order valence-corrected chi connectivity index (χ1v) is 8.64. The van der Waals surface area contributed by atoms with Gasteiger partial charge in [0.1, 0.15) is 0 Å². The molecule has 26 heavy (non-hydrogen) atoms. The molecule has 0 aliphatic carbocycles. The number of halogens is 1. The first-order chi connectivity index (χ1) is 12.8.